The molecule has 0 aromatic heterocycles. The summed E-state index contributed by atoms with van der Waals surface area (Å²) in [5.74, 6) is 1.79. The number of nitrogens with one attached hydrogen (secondary N) is 1. The van der Waals surface area contributed by atoms with E-state index < -0.39 is 10.0 Å². The SMILES string of the molecule is COc1ccc(Oc2ccc(C(C)CN)cc2)c(NS(C)(=O)=O)c1.Cl. The molecule has 2 aromatic rings. The third kappa shape index (κ3) is 6.12. The van der Waals surface area contributed by atoms with E-state index in [4.69, 9.17) is 15.2 Å². The Kier molecular flexibility index (Phi) is 7.54. The summed E-state index contributed by atoms with van der Waals surface area (Å²) in [5.41, 5.74) is 7.10. The lowest BCUT2D eigenvalue weighted by Gasteiger charge is -2.14. The highest BCUT2D eigenvalue weighted by Crippen LogP contribution is 2.33. The Hall–Kier alpha value is -1.96. The zero-order valence-electron chi connectivity index (χ0n) is 14.4. The number of halogens is 1. The highest BCUT2D eigenvalue weighted by Gasteiger charge is 2.12. The van der Waals surface area contributed by atoms with Crippen LogP contribution in [0.1, 0.15) is 18.4 Å². The monoisotopic (exact) mass is 386 g/mol. The number of methoxy groups -OCH3 is 1. The van der Waals surface area contributed by atoms with E-state index in [0.29, 0.717) is 29.5 Å². The summed E-state index contributed by atoms with van der Waals surface area (Å²) in [6.07, 6.45) is 1.08. The number of hydrogen-bond acceptors (Lipinski definition) is 5. The molecule has 0 aliphatic carbocycles. The molecule has 2 rings (SSSR count). The van der Waals surface area contributed by atoms with Gasteiger partial charge in [-0.2, -0.15) is 0 Å². The second-order valence-corrected chi connectivity index (χ2v) is 7.29. The minimum atomic E-state index is -3.44. The van der Waals surface area contributed by atoms with Gasteiger partial charge in [-0.15, -0.1) is 12.4 Å². The lowest BCUT2D eigenvalue weighted by atomic mass is 10.0. The normalized spacial score (nSPS) is 12.0. The molecule has 0 saturated carbocycles. The van der Waals surface area contributed by atoms with Crippen molar-refractivity contribution < 1.29 is 17.9 Å². The fourth-order valence-corrected chi connectivity index (χ4v) is 2.69. The molecule has 0 radical (unpaired) electrons. The van der Waals surface area contributed by atoms with Crippen LogP contribution in [0.25, 0.3) is 0 Å². The summed E-state index contributed by atoms with van der Waals surface area (Å²) in [4.78, 5) is 0. The van der Waals surface area contributed by atoms with Gasteiger partial charge in [0.1, 0.15) is 11.5 Å². The molecule has 0 aliphatic heterocycles. The molecule has 0 bridgehead atoms. The lowest BCUT2D eigenvalue weighted by Crippen LogP contribution is -2.10. The van der Waals surface area contributed by atoms with Gasteiger partial charge in [-0.25, -0.2) is 8.42 Å². The number of rotatable bonds is 7. The summed E-state index contributed by atoms with van der Waals surface area (Å²) in [7, 11) is -1.93. The standard InChI is InChI=1S/C17H22N2O4S.ClH/c1-12(11-18)13-4-6-14(7-5-13)23-17-9-8-15(22-2)10-16(17)19-24(3,20)21;/h4-10,12,19H,11,18H2,1-3H3;1H. The van der Waals surface area contributed by atoms with Crippen molar-refractivity contribution in [1.29, 1.82) is 0 Å². The fraction of sp³-hybridized carbons (Fsp3) is 0.294. The summed E-state index contributed by atoms with van der Waals surface area (Å²) < 4.78 is 36.4. The van der Waals surface area contributed by atoms with Crippen molar-refractivity contribution in [1.82, 2.24) is 0 Å². The van der Waals surface area contributed by atoms with Crippen LogP contribution in [0.3, 0.4) is 0 Å². The van der Waals surface area contributed by atoms with Crippen LogP contribution < -0.4 is 19.9 Å². The molecule has 0 saturated heterocycles. The molecule has 1 atom stereocenters. The summed E-state index contributed by atoms with van der Waals surface area (Å²) in [6, 6.07) is 12.5. The Morgan fingerprint density at radius 2 is 1.72 bits per heavy atom. The molecule has 138 valence electrons. The molecule has 0 aliphatic rings. The minimum Gasteiger partial charge on any atom is -0.497 e. The number of nitrogens with two attached hydrogens (primary N) is 1. The number of ether oxygens (including phenoxy) is 2. The van der Waals surface area contributed by atoms with Crippen LogP contribution in [0.5, 0.6) is 17.2 Å². The van der Waals surface area contributed by atoms with Gasteiger partial charge >= 0.3 is 0 Å². The zero-order chi connectivity index (χ0) is 17.7. The van der Waals surface area contributed by atoms with Crippen LogP contribution in [0, 0.1) is 0 Å². The van der Waals surface area contributed by atoms with Crippen molar-refractivity contribution in [2.45, 2.75) is 12.8 Å². The quantitative estimate of drug-likeness (QED) is 0.761. The van der Waals surface area contributed by atoms with E-state index in [-0.39, 0.29) is 18.3 Å². The number of benzene rings is 2. The van der Waals surface area contributed by atoms with E-state index in [1.165, 1.54) is 7.11 Å². The molecule has 0 spiro atoms. The Bertz CT molecular complexity index is 795. The molecular weight excluding hydrogens is 364 g/mol. The van der Waals surface area contributed by atoms with Crippen LogP contribution in [-0.4, -0.2) is 28.3 Å². The van der Waals surface area contributed by atoms with Crippen LogP contribution in [0.15, 0.2) is 42.5 Å². The molecule has 6 nitrogen and oxygen atoms in total. The number of sulfonamides is 1. The Labute approximate surface area is 154 Å². The molecule has 0 amide bonds. The first-order chi connectivity index (χ1) is 11.3. The van der Waals surface area contributed by atoms with Gasteiger partial charge in [-0.05, 0) is 42.3 Å². The maximum absolute atomic E-state index is 11.5. The van der Waals surface area contributed by atoms with E-state index in [9.17, 15) is 8.42 Å². The smallest absolute Gasteiger partial charge is 0.229 e. The Morgan fingerprint density at radius 1 is 1.12 bits per heavy atom. The first-order valence-electron chi connectivity index (χ1n) is 7.46. The Balaban J connectivity index is 0.00000312. The first kappa shape index (κ1) is 21.1. The third-order valence-corrected chi connectivity index (χ3v) is 4.10. The fourth-order valence-electron chi connectivity index (χ4n) is 2.13. The predicted octanol–water partition coefficient (Wildman–Crippen LogP) is 3.34. The van der Waals surface area contributed by atoms with Gasteiger partial charge in [0.05, 0.1) is 19.1 Å². The topological polar surface area (TPSA) is 90.7 Å². The number of hydrogen-bond donors (Lipinski definition) is 2. The van der Waals surface area contributed by atoms with E-state index in [1.54, 1.807) is 18.2 Å². The maximum Gasteiger partial charge on any atom is 0.229 e. The average molecular weight is 387 g/mol. The van der Waals surface area contributed by atoms with Crippen molar-refractivity contribution in [3.63, 3.8) is 0 Å². The zero-order valence-corrected chi connectivity index (χ0v) is 16.0. The largest absolute Gasteiger partial charge is 0.497 e. The molecule has 1 unspecified atom stereocenters. The predicted molar refractivity (Wildman–Crippen MR) is 103 cm³/mol. The third-order valence-electron chi connectivity index (χ3n) is 3.51. The van der Waals surface area contributed by atoms with Crippen molar-refractivity contribution in [3.05, 3.63) is 48.0 Å². The molecule has 0 heterocycles. The molecule has 2 aromatic carbocycles. The van der Waals surface area contributed by atoms with Gasteiger partial charge in [0.2, 0.25) is 10.0 Å². The van der Waals surface area contributed by atoms with Crippen LogP contribution >= 0.6 is 12.4 Å². The summed E-state index contributed by atoms with van der Waals surface area (Å²) in [5, 5.41) is 0. The van der Waals surface area contributed by atoms with Gasteiger partial charge < -0.3 is 15.2 Å². The maximum atomic E-state index is 11.5. The molecular formula is C17H23ClN2O4S. The minimum absolute atomic E-state index is 0. The molecule has 8 heteroatoms. The van der Waals surface area contributed by atoms with Crippen molar-refractivity contribution in [3.8, 4) is 17.2 Å². The van der Waals surface area contributed by atoms with Gasteiger partial charge in [0, 0.05) is 6.07 Å². The number of anilines is 1. The van der Waals surface area contributed by atoms with Gasteiger partial charge in [-0.1, -0.05) is 19.1 Å². The van der Waals surface area contributed by atoms with Gasteiger partial charge in [0.25, 0.3) is 0 Å². The highest BCUT2D eigenvalue weighted by molar-refractivity contribution is 7.92. The summed E-state index contributed by atoms with van der Waals surface area (Å²) >= 11 is 0. The lowest BCUT2D eigenvalue weighted by molar-refractivity contribution is 0.413. The van der Waals surface area contributed by atoms with E-state index in [0.717, 1.165) is 11.8 Å². The molecule has 3 N–H and O–H groups in total. The van der Waals surface area contributed by atoms with Gasteiger partial charge in [0.15, 0.2) is 5.75 Å². The molecule has 25 heavy (non-hydrogen) atoms. The van der Waals surface area contributed by atoms with Crippen molar-refractivity contribution in [2.24, 2.45) is 5.73 Å². The van der Waals surface area contributed by atoms with E-state index in [2.05, 4.69) is 4.72 Å². The van der Waals surface area contributed by atoms with E-state index in [1.807, 2.05) is 31.2 Å². The Morgan fingerprint density at radius 3 is 2.24 bits per heavy atom. The summed E-state index contributed by atoms with van der Waals surface area (Å²) in [6.45, 7) is 2.62. The molecule has 0 fully saturated rings. The first-order valence-corrected chi connectivity index (χ1v) is 9.35. The van der Waals surface area contributed by atoms with Crippen LogP contribution in [-0.2, 0) is 10.0 Å². The highest BCUT2D eigenvalue weighted by atomic mass is 35.5. The van der Waals surface area contributed by atoms with Gasteiger partial charge in [-0.3, -0.25) is 4.72 Å². The van der Waals surface area contributed by atoms with Crippen molar-refractivity contribution in [2.75, 3.05) is 24.6 Å². The van der Waals surface area contributed by atoms with E-state index >= 15 is 0 Å². The van der Waals surface area contributed by atoms with Crippen molar-refractivity contribution >= 4 is 28.1 Å². The second-order valence-electron chi connectivity index (χ2n) is 5.54. The van der Waals surface area contributed by atoms with Crippen LogP contribution in [0.4, 0.5) is 5.69 Å². The second kappa shape index (κ2) is 8.94. The average Bonchev–Trinajstić information content (AvgIpc) is 2.55. The van der Waals surface area contributed by atoms with Crippen LogP contribution in [0.2, 0.25) is 0 Å².